The molecule has 0 spiro atoms. The monoisotopic (exact) mass is 115 g/mol. The standard InChI is InChI=1S/C6H12.CH5N/c1-6(2)4-3-5-6;1-2/h3-5H2,1-2H3;2H2,1H3. The zero-order valence-electron chi connectivity index (χ0n) is 6.20. The Morgan fingerprint density at radius 2 is 1.38 bits per heavy atom. The van der Waals surface area contributed by atoms with Gasteiger partial charge in [-0.25, -0.2) is 0 Å². The van der Waals surface area contributed by atoms with E-state index in [2.05, 4.69) is 19.6 Å². The summed E-state index contributed by atoms with van der Waals surface area (Å²) in [6.07, 6.45) is 4.37. The van der Waals surface area contributed by atoms with E-state index in [1.165, 1.54) is 26.3 Å². The molecule has 0 heterocycles. The summed E-state index contributed by atoms with van der Waals surface area (Å²) in [7, 11) is 1.50. The lowest BCUT2D eigenvalue weighted by atomic mass is 9.72. The van der Waals surface area contributed by atoms with E-state index in [1.807, 2.05) is 0 Å². The quantitative estimate of drug-likeness (QED) is 0.511. The van der Waals surface area contributed by atoms with Gasteiger partial charge in [0.25, 0.3) is 0 Å². The Kier molecular flexibility index (Phi) is 3.06. The molecule has 0 saturated heterocycles. The second kappa shape index (κ2) is 3.08. The van der Waals surface area contributed by atoms with Crippen LogP contribution in [0.4, 0.5) is 0 Å². The molecular weight excluding hydrogens is 98.1 g/mol. The molecule has 0 atom stereocenters. The van der Waals surface area contributed by atoms with Crippen molar-refractivity contribution in [2.75, 3.05) is 7.05 Å². The smallest absolute Gasteiger partial charge is 0.0195 e. The fraction of sp³-hybridized carbons (Fsp3) is 1.00. The molecule has 1 nitrogen and oxygen atoms in total. The van der Waals surface area contributed by atoms with E-state index in [0.29, 0.717) is 0 Å². The van der Waals surface area contributed by atoms with Gasteiger partial charge in [0, 0.05) is 0 Å². The molecule has 0 radical (unpaired) electrons. The lowest BCUT2D eigenvalue weighted by Crippen LogP contribution is -2.20. The zero-order chi connectivity index (χ0) is 6.62. The third-order valence-electron chi connectivity index (χ3n) is 1.71. The van der Waals surface area contributed by atoms with Crippen LogP contribution < -0.4 is 5.73 Å². The van der Waals surface area contributed by atoms with Crippen molar-refractivity contribution in [3.05, 3.63) is 0 Å². The number of nitrogens with two attached hydrogens (primary N) is 1. The van der Waals surface area contributed by atoms with Gasteiger partial charge in [-0.15, -0.1) is 0 Å². The minimum Gasteiger partial charge on any atom is -0.333 e. The largest absolute Gasteiger partial charge is 0.333 e. The van der Waals surface area contributed by atoms with Crippen molar-refractivity contribution in [3.63, 3.8) is 0 Å². The van der Waals surface area contributed by atoms with E-state index in [1.54, 1.807) is 0 Å². The van der Waals surface area contributed by atoms with Crippen LogP contribution in [0.3, 0.4) is 0 Å². The second-order valence-electron chi connectivity index (χ2n) is 3.02. The Labute approximate surface area is 52.3 Å². The maximum absolute atomic E-state index is 4.50. The van der Waals surface area contributed by atoms with Gasteiger partial charge >= 0.3 is 0 Å². The zero-order valence-corrected chi connectivity index (χ0v) is 6.20. The Hall–Kier alpha value is -0.0400. The summed E-state index contributed by atoms with van der Waals surface area (Å²) in [6.45, 7) is 4.66. The maximum Gasteiger partial charge on any atom is -0.0195 e. The topological polar surface area (TPSA) is 26.0 Å². The second-order valence-corrected chi connectivity index (χ2v) is 3.02. The van der Waals surface area contributed by atoms with Crippen molar-refractivity contribution in [1.29, 1.82) is 0 Å². The first-order valence-electron chi connectivity index (χ1n) is 3.28. The van der Waals surface area contributed by atoms with Crippen molar-refractivity contribution in [2.45, 2.75) is 33.1 Å². The van der Waals surface area contributed by atoms with Crippen LogP contribution in [0.15, 0.2) is 0 Å². The molecule has 1 aliphatic carbocycles. The molecule has 1 heteroatoms. The maximum atomic E-state index is 4.50. The van der Waals surface area contributed by atoms with Crippen molar-refractivity contribution in [1.82, 2.24) is 0 Å². The summed E-state index contributed by atoms with van der Waals surface area (Å²) in [5, 5.41) is 0. The van der Waals surface area contributed by atoms with Crippen LogP contribution >= 0.6 is 0 Å². The van der Waals surface area contributed by atoms with Gasteiger partial charge in [-0.05, 0) is 25.3 Å². The fourth-order valence-corrected chi connectivity index (χ4v) is 0.884. The molecule has 1 fully saturated rings. The average Bonchev–Trinajstić information content (AvgIpc) is 1.69. The normalized spacial score (nSPS) is 22.5. The summed E-state index contributed by atoms with van der Waals surface area (Å²) in [5.74, 6) is 0. The summed E-state index contributed by atoms with van der Waals surface area (Å²) in [4.78, 5) is 0. The van der Waals surface area contributed by atoms with E-state index in [0.717, 1.165) is 5.41 Å². The van der Waals surface area contributed by atoms with Crippen molar-refractivity contribution in [2.24, 2.45) is 11.1 Å². The van der Waals surface area contributed by atoms with Gasteiger partial charge in [-0.1, -0.05) is 20.3 Å². The van der Waals surface area contributed by atoms with Gasteiger partial charge in [0.2, 0.25) is 0 Å². The first-order valence-corrected chi connectivity index (χ1v) is 3.28. The third-order valence-corrected chi connectivity index (χ3v) is 1.71. The minimum absolute atomic E-state index is 0.722. The van der Waals surface area contributed by atoms with Gasteiger partial charge in [-0.3, -0.25) is 0 Å². The molecule has 0 bridgehead atoms. The molecule has 2 N–H and O–H groups in total. The van der Waals surface area contributed by atoms with Crippen molar-refractivity contribution < 1.29 is 0 Å². The first-order chi connectivity index (χ1) is 3.71. The summed E-state index contributed by atoms with van der Waals surface area (Å²) < 4.78 is 0. The van der Waals surface area contributed by atoms with Gasteiger partial charge in [-0.2, -0.15) is 0 Å². The van der Waals surface area contributed by atoms with Gasteiger partial charge in [0.1, 0.15) is 0 Å². The first kappa shape index (κ1) is 7.96. The van der Waals surface area contributed by atoms with Crippen LogP contribution in [0.2, 0.25) is 0 Å². The molecule has 0 aromatic heterocycles. The predicted octanol–water partition coefficient (Wildman–Crippen LogP) is 1.77. The molecule has 1 saturated carbocycles. The fourth-order valence-electron chi connectivity index (χ4n) is 0.884. The SMILES string of the molecule is CC1(C)CCC1.CN. The molecule has 0 amide bonds. The Morgan fingerprint density at radius 3 is 1.38 bits per heavy atom. The van der Waals surface area contributed by atoms with E-state index < -0.39 is 0 Å². The van der Waals surface area contributed by atoms with Crippen LogP contribution in [0.25, 0.3) is 0 Å². The van der Waals surface area contributed by atoms with E-state index >= 15 is 0 Å². The summed E-state index contributed by atoms with van der Waals surface area (Å²) in [6, 6.07) is 0. The van der Waals surface area contributed by atoms with E-state index in [4.69, 9.17) is 0 Å². The molecule has 8 heavy (non-hydrogen) atoms. The number of rotatable bonds is 0. The van der Waals surface area contributed by atoms with E-state index in [-0.39, 0.29) is 0 Å². The predicted molar refractivity (Wildman–Crippen MR) is 37.7 cm³/mol. The molecule has 0 aliphatic heterocycles. The van der Waals surface area contributed by atoms with Gasteiger partial charge < -0.3 is 5.73 Å². The third kappa shape index (κ3) is 2.31. The molecule has 50 valence electrons. The Bertz CT molecular complexity index is 51.4. The van der Waals surface area contributed by atoms with Gasteiger partial charge in [0.15, 0.2) is 0 Å². The average molecular weight is 115 g/mol. The van der Waals surface area contributed by atoms with E-state index in [9.17, 15) is 0 Å². The highest BCUT2D eigenvalue weighted by atomic mass is 14.4. The molecule has 0 unspecified atom stereocenters. The summed E-state index contributed by atoms with van der Waals surface area (Å²) in [5.41, 5.74) is 5.22. The molecule has 1 rings (SSSR count). The lowest BCUT2D eigenvalue weighted by molar-refractivity contribution is 0.190. The minimum atomic E-state index is 0.722. The lowest BCUT2D eigenvalue weighted by Gasteiger charge is -2.33. The van der Waals surface area contributed by atoms with Crippen LogP contribution in [0.1, 0.15) is 33.1 Å². The summed E-state index contributed by atoms with van der Waals surface area (Å²) >= 11 is 0. The highest BCUT2D eigenvalue weighted by Gasteiger charge is 2.24. The van der Waals surface area contributed by atoms with Crippen LogP contribution in [0.5, 0.6) is 0 Å². The highest BCUT2D eigenvalue weighted by Crippen LogP contribution is 2.38. The van der Waals surface area contributed by atoms with Crippen LogP contribution in [-0.4, -0.2) is 7.05 Å². The van der Waals surface area contributed by atoms with Gasteiger partial charge in [0.05, 0.1) is 0 Å². The van der Waals surface area contributed by atoms with Crippen molar-refractivity contribution >= 4 is 0 Å². The van der Waals surface area contributed by atoms with Crippen molar-refractivity contribution in [3.8, 4) is 0 Å². The molecule has 0 aromatic carbocycles. The Morgan fingerprint density at radius 1 is 1.12 bits per heavy atom. The molecule has 1 aliphatic rings. The number of hydrogen-bond donors (Lipinski definition) is 1. The highest BCUT2D eigenvalue weighted by molar-refractivity contribution is 4.77. The molecule has 0 aromatic rings. The number of hydrogen-bond acceptors (Lipinski definition) is 1. The molecular formula is C7H17N. The van der Waals surface area contributed by atoms with Crippen LogP contribution in [-0.2, 0) is 0 Å². The van der Waals surface area contributed by atoms with Crippen LogP contribution in [0, 0.1) is 5.41 Å². The Balaban J connectivity index is 0.000000222.